The molecule has 3 nitrogen and oxygen atoms in total. The minimum Gasteiger partial charge on any atom is -0.267 e. The molecule has 0 unspecified atom stereocenters. The predicted molar refractivity (Wildman–Crippen MR) is 91.5 cm³/mol. The lowest BCUT2D eigenvalue weighted by molar-refractivity contribution is 0.628. The first-order valence-electron chi connectivity index (χ1n) is 7.22. The molecule has 0 atom stereocenters. The summed E-state index contributed by atoms with van der Waals surface area (Å²) >= 11 is 1.35. The van der Waals surface area contributed by atoms with Crippen molar-refractivity contribution in [2.45, 2.75) is 13.8 Å². The number of imidazole rings is 1. The Balaban J connectivity index is 2.02. The minimum absolute atomic E-state index is 0.0816. The molecule has 2 aromatic carbocycles. The molecule has 0 spiro atoms. The Morgan fingerprint density at radius 2 is 1.91 bits per heavy atom. The van der Waals surface area contributed by atoms with Gasteiger partial charge in [0.05, 0.1) is 15.6 Å². The van der Waals surface area contributed by atoms with Crippen molar-refractivity contribution in [1.82, 2.24) is 9.38 Å². The van der Waals surface area contributed by atoms with Crippen LogP contribution in [-0.4, -0.2) is 9.38 Å². The van der Waals surface area contributed by atoms with Crippen molar-refractivity contribution in [3.63, 3.8) is 0 Å². The lowest BCUT2D eigenvalue weighted by Crippen LogP contribution is -2.22. The third-order valence-corrected chi connectivity index (χ3v) is 4.82. The summed E-state index contributed by atoms with van der Waals surface area (Å²) in [6.45, 7) is 4.01. The predicted octanol–water partition coefficient (Wildman–Crippen LogP) is 3.21. The molecule has 0 saturated heterocycles. The third kappa shape index (κ3) is 2.24. The smallest absolute Gasteiger partial charge is 0.267 e. The van der Waals surface area contributed by atoms with Crippen molar-refractivity contribution in [1.29, 1.82) is 0 Å². The second-order valence-electron chi connectivity index (χ2n) is 5.65. The van der Waals surface area contributed by atoms with Crippen molar-refractivity contribution in [3.05, 3.63) is 73.8 Å². The van der Waals surface area contributed by atoms with Gasteiger partial charge < -0.3 is 0 Å². The summed E-state index contributed by atoms with van der Waals surface area (Å²) in [5, 5.41) is 0. The first-order valence-corrected chi connectivity index (χ1v) is 8.04. The van der Waals surface area contributed by atoms with Crippen LogP contribution in [0.25, 0.3) is 22.1 Å². The maximum Gasteiger partial charge on any atom is 0.274 e. The summed E-state index contributed by atoms with van der Waals surface area (Å²) in [6.07, 6.45) is 1.77. The van der Waals surface area contributed by atoms with Gasteiger partial charge in [0.25, 0.3) is 5.56 Å². The normalized spacial score (nSPS) is 12.6. The molecule has 2 heterocycles. The van der Waals surface area contributed by atoms with Gasteiger partial charge in [0.15, 0.2) is 4.96 Å². The number of rotatable bonds is 1. The highest BCUT2D eigenvalue weighted by Crippen LogP contribution is 2.21. The van der Waals surface area contributed by atoms with Crippen LogP contribution in [0.3, 0.4) is 0 Å². The SMILES string of the molecule is Cc1cc(C)c2nc3sc(=Cc4ccc(F)cc4)c(=O)n3c2c1. The third-order valence-electron chi connectivity index (χ3n) is 3.85. The fourth-order valence-electron chi connectivity index (χ4n) is 2.82. The number of thiazole rings is 1. The van der Waals surface area contributed by atoms with Crippen LogP contribution < -0.4 is 10.1 Å². The van der Waals surface area contributed by atoms with Crippen molar-refractivity contribution in [3.8, 4) is 0 Å². The van der Waals surface area contributed by atoms with Crippen LogP contribution in [0, 0.1) is 19.7 Å². The molecule has 0 N–H and O–H groups in total. The Bertz CT molecular complexity index is 1160. The molecule has 4 aromatic rings. The fraction of sp³-hybridized carbons (Fsp3) is 0.111. The maximum absolute atomic E-state index is 13.0. The van der Waals surface area contributed by atoms with E-state index in [2.05, 4.69) is 11.1 Å². The van der Waals surface area contributed by atoms with Crippen molar-refractivity contribution in [2.24, 2.45) is 0 Å². The van der Waals surface area contributed by atoms with Crippen LogP contribution in [0.5, 0.6) is 0 Å². The van der Waals surface area contributed by atoms with E-state index in [0.29, 0.717) is 9.49 Å². The van der Waals surface area contributed by atoms with Crippen molar-refractivity contribution in [2.75, 3.05) is 0 Å². The standard InChI is InChI=1S/C18H13FN2OS/c1-10-7-11(2)16-14(8-10)21-17(22)15(23-18(21)20-16)9-12-3-5-13(19)6-4-12/h3-9H,1-2H3. The van der Waals surface area contributed by atoms with E-state index >= 15 is 0 Å². The van der Waals surface area contributed by atoms with Gasteiger partial charge in [0.1, 0.15) is 5.82 Å². The van der Waals surface area contributed by atoms with Crippen molar-refractivity contribution < 1.29 is 4.39 Å². The molecule has 0 aliphatic carbocycles. The highest BCUT2D eigenvalue weighted by Gasteiger charge is 2.13. The average Bonchev–Trinajstić information content (AvgIpc) is 3.00. The number of fused-ring (bicyclic) bond motifs is 3. The molecule has 0 aliphatic rings. The maximum atomic E-state index is 13.0. The van der Waals surface area contributed by atoms with Gasteiger partial charge in [-0.1, -0.05) is 29.5 Å². The van der Waals surface area contributed by atoms with Crippen LogP contribution in [0.15, 0.2) is 41.2 Å². The zero-order valence-corrected chi connectivity index (χ0v) is 13.4. The lowest BCUT2D eigenvalue weighted by atomic mass is 10.1. The van der Waals surface area contributed by atoms with Gasteiger partial charge in [-0.25, -0.2) is 13.8 Å². The molecule has 0 amide bonds. The molecule has 0 bridgehead atoms. The number of halogens is 1. The molecule has 2 aromatic heterocycles. The summed E-state index contributed by atoms with van der Waals surface area (Å²) in [5.41, 5.74) is 4.60. The molecule has 114 valence electrons. The Morgan fingerprint density at radius 3 is 2.65 bits per heavy atom. The van der Waals surface area contributed by atoms with E-state index in [-0.39, 0.29) is 11.4 Å². The summed E-state index contributed by atoms with van der Waals surface area (Å²) in [6, 6.07) is 10.1. The molecule has 0 saturated carbocycles. The van der Waals surface area contributed by atoms with Crippen LogP contribution in [0.4, 0.5) is 4.39 Å². The molecule has 5 heteroatoms. The lowest BCUT2D eigenvalue weighted by Gasteiger charge is -1.97. The topological polar surface area (TPSA) is 34.4 Å². The van der Waals surface area contributed by atoms with E-state index in [1.807, 2.05) is 19.9 Å². The number of aryl methyl sites for hydroxylation is 2. The number of aromatic nitrogens is 2. The molecule has 0 radical (unpaired) electrons. The summed E-state index contributed by atoms with van der Waals surface area (Å²) in [4.78, 5) is 18.0. The fourth-order valence-corrected chi connectivity index (χ4v) is 3.80. The molecule has 0 aliphatic heterocycles. The van der Waals surface area contributed by atoms with Crippen molar-refractivity contribution >= 4 is 33.4 Å². The Labute approximate surface area is 135 Å². The molecule has 0 fully saturated rings. The van der Waals surface area contributed by atoms with Gasteiger partial charge in [0.2, 0.25) is 0 Å². The number of benzene rings is 2. The molecular weight excluding hydrogens is 311 g/mol. The number of hydrogen-bond donors (Lipinski definition) is 0. The second kappa shape index (κ2) is 4.99. The molecular formula is C18H13FN2OS. The summed E-state index contributed by atoms with van der Waals surface area (Å²) in [5.74, 6) is -0.289. The monoisotopic (exact) mass is 324 g/mol. The van der Waals surface area contributed by atoms with Gasteiger partial charge in [-0.05, 0) is 54.8 Å². The minimum atomic E-state index is -0.289. The largest absolute Gasteiger partial charge is 0.274 e. The Hall–Kier alpha value is -2.53. The highest BCUT2D eigenvalue weighted by atomic mass is 32.1. The van der Waals surface area contributed by atoms with Crippen LogP contribution in [-0.2, 0) is 0 Å². The van der Waals surface area contributed by atoms with Gasteiger partial charge >= 0.3 is 0 Å². The quantitative estimate of drug-likeness (QED) is 0.539. The highest BCUT2D eigenvalue weighted by molar-refractivity contribution is 7.15. The van der Waals surface area contributed by atoms with Gasteiger partial charge in [-0.2, -0.15) is 0 Å². The van der Waals surface area contributed by atoms with E-state index in [9.17, 15) is 9.18 Å². The Kier molecular flexibility index (Phi) is 3.06. The first kappa shape index (κ1) is 14.1. The van der Waals surface area contributed by atoms with E-state index in [1.54, 1.807) is 22.6 Å². The average molecular weight is 324 g/mol. The van der Waals surface area contributed by atoms with Crippen LogP contribution in [0.2, 0.25) is 0 Å². The van der Waals surface area contributed by atoms with Gasteiger partial charge in [-0.15, -0.1) is 0 Å². The second-order valence-corrected chi connectivity index (χ2v) is 6.66. The molecule has 23 heavy (non-hydrogen) atoms. The molecule has 4 rings (SSSR count). The van der Waals surface area contributed by atoms with Crippen LogP contribution >= 0.6 is 11.3 Å². The number of hydrogen-bond acceptors (Lipinski definition) is 3. The van der Waals surface area contributed by atoms with Crippen LogP contribution in [0.1, 0.15) is 16.7 Å². The van der Waals surface area contributed by atoms with E-state index in [1.165, 1.54) is 23.5 Å². The summed E-state index contributed by atoms with van der Waals surface area (Å²) < 4.78 is 15.2. The van der Waals surface area contributed by atoms with Gasteiger partial charge in [0, 0.05) is 0 Å². The van der Waals surface area contributed by atoms with E-state index in [0.717, 1.165) is 27.7 Å². The summed E-state index contributed by atoms with van der Waals surface area (Å²) in [7, 11) is 0. The first-order chi connectivity index (χ1) is 11.0. The zero-order valence-electron chi connectivity index (χ0n) is 12.6. The van der Waals surface area contributed by atoms with Gasteiger partial charge in [-0.3, -0.25) is 4.79 Å². The zero-order chi connectivity index (χ0) is 16.1. The van der Waals surface area contributed by atoms with E-state index < -0.39 is 0 Å². The van der Waals surface area contributed by atoms with E-state index in [4.69, 9.17) is 0 Å². The Morgan fingerprint density at radius 1 is 1.17 bits per heavy atom. The number of nitrogens with zero attached hydrogens (tertiary/aromatic N) is 2.